The van der Waals surface area contributed by atoms with Crippen LogP contribution in [-0.2, 0) is 4.74 Å². The molecule has 0 N–H and O–H groups in total. The molecule has 0 bridgehead atoms. The Balaban J connectivity index is 1.72. The van der Waals surface area contributed by atoms with Crippen LogP contribution in [0.3, 0.4) is 0 Å². The third-order valence-electron chi connectivity index (χ3n) is 6.73. The average Bonchev–Trinajstić information content (AvgIpc) is 3.42. The summed E-state index contributed by atoms with van der Waals surface area (Å²) in [4.78, 5) is 29.0. The maximum absolute atomic E-state index is 13.7. The normalized spacial score (nSPS) is 19.9. The minimum atomic E-state index is -0.598. The number of hydrogen-bond donors (Lipinski definition) is 0. The van der Waals surface area contributed by atoms with Crippen LogP contribution in [0.25, 0.3) is 11.0 Å². The molecule has 1 amide bonds. The van der Waals surface area contributed by atoms with Crippen molar-refractivity contribution < 1.29 is 23.4 Å². The molecule has 3 heterocycles. The van der Waals surface area contributed by atoms with Gasteiger partial charge in [-0.2, -0.15) is 0 Å². The van der Waals surface area contributed by atoms with Crippen LogP contribution >= 0.6 is 0 Å². The number of amides is 1. The predicted molar refractivity (Wildman–Crippen MR) is 123 cm³/mol. The quantitative estimate of drug-likeness (QED) is 0.582. The summed E-state index contributed by atoms with van der Waals surface area (Å²) >= 11 is 0. The SMILES string of the molecule is COc1ccc([C@H]2c3c(oc4cc(C)c(C)cc4c3=O)C(=O)N2C[C@H]2CCCO2)cc1OC. The molecular formula is C26H27NO6. The molecule has 0 unspecified atom stereocenters. The molecule has 0 aliphatic carbocycles. The van der Waals surface area contributed by atoms with Gasteiger partial charge in [0.1, 0.15) is 5.58 Å². The molecule has 172 valence electrons. The zero-order valence-corrected chi connectivity index (χ0v) is 19.3. The Hall–Kier alpha value is -3.32. The first-order valence-electron chi connectivity index (χ1n) is 11.2. The number of hydrogen-bond acceptors (Lipinski definition) is 6. The van der Waals surface area contributed by atoms with Crippen molar-refractivity contribution in [2.75, 3.05) is 27.4 Å². The van der Waals surface area contributed by atoms with Crippen LogP contribution in [0.15, 0.2) is 39.5 Å². The number of carbonyl (C=O) groups excluding carboxylic acids is 1. The van der Waals surface area contributed by atoms with E-state index in [1.54, 1.807) is 25.2 Å². The summed E-state index contributed by atoms with van der Waals surface area (Å²) in [5, 5.41) is 0.481. The smallest absolute Gasteiger partial charge is 0.291 e. The molecule has 33 heavy (non-hydrogen) atoms. The first kappa shape index (κ1) is 21.5. The van der Waals surface area contributed by atoms with E-state index in [9.17, 15) is 9.59 Å². The van der Waals surface area contributed by atoms with Gasteiger partial charge in [0.15, 0.2) is 16.9 Å². The van der Waals surface area contributed by atoms with Crippen molar-refractivity contribution in [3.63, 3.8) is 0 Å². The van der Waals surface area contributed by atoms with Crippen molar-refractivity contribution in [2.45, 2.75) is 38.8 Å². The van der Waals surface area contributed by atoms with E-state index in [0.29, 0.717) is 41.2 Å². The summed E-state index contributed by atoms with van der Waals surface area (Å²) in [5.41, 5.74) is 3.37. The summed E-state index contributed by atoms with van der Waals surface area (Å²) in [6.45, 7) is 4.98. The van der Waals surface area contributed by atoms with E-state index in [2.05, 4.69) is 0 Å². The lowest BCUT2D eigenvalue weighted by Gasteiger charge is -2.27. The summed E-state index contributed by atoms with van der Waals surface area (Å²) < 4.78 is 22.8. The van der Waals surface area contributed by atoms with Crippen LogP contribution < -0.4 is 14.9 Å². The molecular weight excluding hydrogens is 422 g/mol. The van der Waals surface area contributed by atoms with E-state index < -0.39 is 6.04 Å². The Morgan fingerprint density at radius 3 is 2.48 bits per heavy atom. The van der Waals surface area contributed by atoms with E-state index >= 15 is 0 Å². The van der Waals surface area contributed by atoms with E-state index in [1.165, 1.54) is 0 Å². The van der Waals surface area contributed by atoms with E-state index in [4.69, 9.17) is 18.6 Å². The number of benzene rings is 2. The number of aryl methyl sites for hydroxylation is 2. The number of ether oxygens (including phenoxy) is 3. The van der Waals surface area contributed by atoms with Crippen molar-refractivity contribution in [3.8, 4) is 11.5 Å². The van der Waals surface area contributed by atoms with Crippen molar-refractivity contribution >= 4 is 16.9 Å². The number of methoxy groups -OCH3 is 2. The minimum absolute atomic E-state index is 0.0695. The van der Waals surface area contributed by atoms with Gasteiger partial charge in [0.05, 0.1) is 37.3 Å². The third-order valence-corrected chi connectivity index (χ3v) is 6.73. The molecule has 2 aromatic carbocycles. The number of fused-ring (bicyclic) bond motifs is 2. The molecule has 0 radical (unpaired) electrons. The highest BCUT2D eigenvalue weighted by molar-refractivity contribution is 5.99. The monoisotopic (exact) mass is 449 g/mol. The molecule has 1 saturated heterocycles. The minimum Gasteiger partial charge on any atom is -0.493 e. The number of carbonyl (C=O) groups is 1. The summed E-state index contributed by atoms with van der Waals surface area (Å²) in [6, 6.07) is 8.54. The van der Waals surface area contributed by atoms with Crippen molar-refractivity contribution in [3.05, 3.63) is 68.6 Å². The topological polar surface area (TPSA) is 78.2 Å². The van der Waals surface area contributed by atoms with Gasteiger partial charge in [-0.15, -0.1) is 0 Å². The zero-order valence-electron chi connectivity index (χ0n) is 19.3. The van der Waals surface area contributed by atoms with Crippen LogP contribution in [0.2, 0.25) is 0 Å². The summed E-state index contributed by atoms with van der Waals surface area (Å²) in [6.07, 6.45) is 1.76. The second-order valence-electron chi connectivity index (χ2n) is 8.72. The Morgan fingerprint density at radius 2 is 1.79 bits per heavy atom. The molecule has 0 saturated carbocycles. The van der Waals surface area contributed by atoms with Crippen LogP contribution in [0.1, 0.15) is 51.7 Å². The second-order valence-corrected chi connectivity index (χ2v) is 8.72. The molecule has 2 aliphatic rings. The molecule has 1 fully saturated rings. The molecule has 2 aliphatic heterocycles. The van der Waals surface area contributed by atoms with Gasteiger partial charge in [0.25, 0.3) is 5.91 Å². The fraction of sp³-hybridized carbons (Fsp3) is 0.385. The highest BCUT2D eigenvalue weighted by Gasteiger charge is 2.44. The van der Waals surface area contributed by atoms with Crippen LogP contribution in [-0.4, -0.2) is 44.3 Å². The highest BCUT2D eigenvalue weighted by Crippen LogP contribution is 2.41. The fourth-order valence-electron chi connectivity index (χ4n) is 4.84. The fourth-order valence-corrected chi connectivity index (χ4v) is 4.84. The molecule has 5 rings (SSSR count). The Morgan fingerprint density at radius 1 is 1.03 bits per heavy atom. The van der Waals surface area contributed by atoms with Crippen LogP contribution in [0.4, 0.5) is 0 Å². The van der Waals surface area contributed by atoms with E-state index in [-0.39, 0.29) is 23.2 Å². The lowest BCUT2D eigenvalue weighted by Crippen LogP contribution is -2.36. The second kappa shape index (κ2) is 8.23. The Bertz CT molecular complexity index is 1300. The predicted octanol–water partition coefficient (Wildman–Crippen LogP) is 4.15. The first-order valence-corrected chi connectivity index (χ1v) is 11.2. The van der Waals surface area contributed by atoms with Gasteiger partial charge in [-0.05, 0) is 67.6 Å². The van der Waals surface area contributed by atoms with Gasteiger partial charge in [-0.25, -0.2) is 0 Å². The van der Waals surface area contributed by atoms with Gasteiger partial charge < -0.3 is 23.5 Å². The van der Waals surface area contributed by atoms with Crippen molar-refractivity contribution in [1.29, 1.82) is 0 Å². The number of nitrogens with zero attached hydrogens (tertiary/aromatic N) is 1. The van der Waals surface area contributed by atoms with Gasteiger partial charge >= 0.3 is 0 Å². The first-order chi connectivity index (χ1) is 15.9. The zero-order chi connectivity index (χ0) is 23.3. The van der Waals surface area contributed by atoms with Gasteiger partial charge in [-0.1, -0.05) is 6.07 Å². The maximum Gasteiger partial charge on any atom is 0.291 e. The van der Waals surface area contributed by atoms with Crippen LogP contribution in [0.5, 0.6) is 11.5 Å². The van der Waals surface area contributed by atoms with Crippen LogP contribution in [0, 0.1) is 13.8 Å². The van der Waals surface area contributed by atoms with Gasteiger partial charge in [-0.3, -0.25) is 9.59 Å². The molecule has 0 spiro atoms. The summed E-state index contributed by atoms with van der Waals surface area (Å²) in [7, 11) is 3.13. The molecule has 3 aromatic rings. The van der Waals surface area contributed by atoms with Crippen molar-refractivity contribution in [1.82, 2.24) is 4.90 Å². The Labute approximate surface area is 191 Å². The lowest BCUT2D eigenvalue weighted by molar-refractivity contribution is 0.0486. The third kappa shape index (κ3) is 3.47. The molecule has 1 aromatic heterocycles. The van der Waals surface area contributed by atoms with Gasteiger partial charge in [0.2, 0.25) is 5.76 Å². The van der Waals surface area contributed by atoms with Crippen molar-refractivity contribution in [2.24, 2.45) is 0 Å². The molecule has 7 nitrogen and oxygen atoms in total. The Kier molecular flexibility index (Phi) is 5.37. The van der Waals surface area contributed by atoms with E-state index in [0.717, 1.165) is 29.5 Å². The highest BCUT2D eigenvalue weighted by atomic mass is 16.5. The largest absolute Gasteiger partial charge is 0.493 e. The molecule has 2 atom stereocenters. The summed E-state index contributed by atoms with van der Waals surface area (Å²) in [5.74, 6) is 0.920. The van der Waals surface area contributed by atoms with E-state index in [1.807, 2.05) is 38.1 Å². The number of rotatable bonds is 5. The standard InChI is InChI=1S/C26H27NO6/c1-14-10-18-20(11-15(14)2)33-25-22(24(18)28)23(16-7-8-19(30-3)21(12-16)31-4)27(26(25)29)13-17-6-5-9-32-17/h7-8,10-12,17,23H,5-6,9,13H2,1-4H3/t17-,23+/m1/s1. The average molecular weight is 450 g/mol. The molecule has 7 heteroatoms. The van der Waals surface area contributed by atoms with Gasteiger partial charge in [0, 0.05) is 13.2 Å². The lowest BCUT2D eigenvalue weighted by atomic mass is 9.97. The maximum atomic E-state index is 13.7.